The highest BCUT2D eigenvalue weighted by Gasteiger charge is 2.13. The van der Waals surface area contributed by atoms with Gasteiger partial charge in [0.2, 0.25) is 0 Å². The van der Waals surface area contributed by atoms with Crippen LogP contribution >= 0.6 is 11.8 Å². The number of rotatable bonds is 6. The summed E-state index contributed by atoms with van der Waals surface area (Å²) in [5, 5.41) is 10.7. The molecule has 0 aliphatic carbocycles. The van der Waals surface area contributed by atoms with Crippen LogP contribution in [0.15, 0.2) is 18.2 Å². The van der Waals surface area contributed by atoms with E-state index in [4.69, 9.17) is 5.73 Å². The Morgan fingerprint density at radius 2 is 2.18 bits per heavy atom. The summed E-state index contributed by atoms with van der Waals surface area (Å²) in [6, 6.07) is 4.95. The van der Waals surface area contributed by atoms with Crippen molar-refractivity contribution in [1.82, 2.24) is 4.90 Å². The van der Waals surface area contributed by atoms with Crippen molar-refractivity contribution < 1.29 is 4.92 Å². The lowest BCUT2D eigenvalue weighted by atomic mass is 10.2. The highest BCUT2D eigenvalue weighted by Crippen LogP contribution is 2.27. The van der Waals surface area contributed by atoms with Gasteiger partial charge in [-0.3, -0.25) is 10.1 Å². The van der Waals surface area contributed by atoms with E-state index in [9.17, 15) is 10.1 Å². The molecule has 0 aliphatic rings. The van der Waals surface area contributed by atoms with Crippen molar-refractivity contribution in [2.75, 3.05) is 32.1 Å². The van der Waals surface area contributed by atoms with Crippen LogP contribution in [0.5, 0.6) is 0 Å². The summed E-state index contributed by atoms with van der Waals surface area (Å²) in [7, 11) is 4.03. The highest BCUT2D eigenvalue weighted by atomic mass is 32.2. The van der Waals surface area contributed by atoms with E-state index in [1.54, 1.807) is 17.8 Å². The predicted octanol–water partition coefficient (Wildman–Crippen LogP) is 1.97. The number of nitro groups is 1. The van der Waals surface area contributed by atoms with Crippen molar-refractivity contribution in [3.8, 4) is 0 Å². The van der Waals surface area contributed by atoms with Crippen molar-refractivity contribution in [3.63, 3.8) is 0 Å². The van der Waals surface area contributed by atoms with E-state index in [2.05, 4.69) is 4.90 Å². The number of nitrogen functional groups attached to an aromatic ring is 1. The zero-order valence-electron chi connectivity index (χ0n) is 10.0. The lowest BCUT2D eigenvalue weighted by Crippen LogP contribution is -2.14. The van der Waals surface area contributed by atoms with Crippen molar-refractivity contribution >= 4 is 23.1 Å². The standard InChI is InChI=1S/C11H17N3O2S/c1-13(2)6-7-17-8-9-4-3-5-10(11(9)12)14(15)16/h3-5H,6-8,12H2,1-2H3. The average Bonchev–Trinajstić information content (AvgIpc) is 2.25. The van der Waals surface area contributed by atoms with Crippen LogP contribution in [0.3, 0.4) is 0 Å². The maximum absolute atomic E-state index is 10.7. The van der Waals surface area contributed by atoms with Crippen LogP contribution in [-0.2, 0) is 5.75 Å². The van der Waals surface area contributed by atoms with Gasteiger partial charge in [0.25, 0.3) is 5.69 Å². The fourth-order valence-corrected chi connectivity index (χ4v) is 2.42. The Morgan fingerprint density at radius 1 is 1.47 bits per heavy atom. The van der Waals surface area contributed by atoms with E-state index in [0.29, 0.717) is 5.75 Å². The van der Waals surface area contributed by atoms with E-state index < -0.39 is 4.92 Å². The van der Waals surface area contributed by atoms with E-state index in [-0.39, 0.29) is 11.4 Å². The van der Waals surface area contributed by atoms with E-state index in [0.717, 1.165) is 17.9 Å². The van der Waals surface area contributed by atoms with Gasteiger partial charge in [0.05, 0.1) is 4.92 Å². The van der Waals surface area contributed by atoms with E-state index >= 15 is 0 Å². The Labute approximate surface area is 105 Å². The maximum Gasteiger partial charge on any atom is 0.292 e. The van der Waals surface area contributed by atoms with Crippen LogP contribution in [0.4, 0.5) is 11.4 Å². The summed E-state index contributed by atoms with van der Waals surface area (Å²) in [5.41, 5.74) is 6.88. The molecular formula is C11H17N3O2S. The van der Waals surface area contributed by atoms with E-state index in [1.807, 2.05) is 20.2 Å². The fourth-order valence-electron chi connectivity index (χ4n) is 1.31. The SMILES string of the molecule is CN(C)CCSCc1cccc([N+](=O)[O-])c1N. The van der Waals surface area contributed by atoms with Gasteiger partial charge in [0.15, 0.2) is 0 Å². The summed E-state index contributed by atoms with van der Waals surface area (Å²) in [4.78, 5) is 12.4. The van der Waals surface area contributed by atoms with Crippen LogP contribution in [0.25, 0.3) is 0 Å². The quantitative estimate of drug-likeness (QED) is 0.364. The molecule has 0 saturated carbocycles. The number of hydrogen-bond donors (Lipinski definition) is 1. The first-order chi connectivity index (χ1) is 8.02. The number of anilines is 1. The van der Waals surface area contributed by atoms with Gasteiger partial charge in [-0.1, -0.05) is 12.1 Å². The largest absolute Gasteiger partial charge is 0.393 e. The molecule has 1 rings (SSSR count). The molecule has 0 heterocycles. The van der Waals surface area contributed by atoms with Gasteiger partial charge in [-0.15, -0.1) is 0 Å². The monoisotopic (exact) mass is 255 g/mol. The topological polar surface area (TPSA) is 72.4 Å². The second-order valence-electron chi connectivity index (χ2n) is 3.96. The molecule has 0 aliphatic heterocycles. The lowest BCUT2D eigenvalue weighted by molar-refractivity contribution is -0.383. The Hall–Kier alpha value is -1.27. The normalized spacial score (nSPS) is 10.8. The zero-order valence-corrected chi connectivity index (χ0v) is 10.9. The highest BCUT2D eigenvalue weighted by molar-refractivity contribution is 7.98. The van der Waals surface area contributed by atoms with Crippen LogP contribution in [0.1, 0.15) is 5.56 Å². The molecule has 0 unspecified atom stereocenters. The van der Waals surface area contributed by atoms with Gasteiger partial charge in [-0.05, 0) is 19.7 Å². The van der Waals surface area contributed by atoms with Crippen molar-refractivity contribution in [2.24, 2.45) is 0 Å². The minimum atomic E-state index is -0.441. The number of para-hydroxylation sites is 1. The zero-order chi connectivity index (χ0) is 12.8. The first-order valence-corrected chi connectivity index (χ1v) is 6.42. The molecule has 0 amide bonds. The molecular weight excluding hydrogens is 238 g/mol. The van der Waals surface area contributed by atoms with Crippen molar-refractivity contribution in [2.45, 2.75) is 5.75 Å². The molecule has 6 heteroatoms. The Kier molecular flexibility index (Phi) is 5.24. The van der Waals surface area contributed by atoms with Crippen molar-refractivity contribution in [1.29, 1.82) is 0 Å². The number of thioether (sulfide) groups is 1. The van der Waals surface area contributed by atoms with Crippen LogP contribution < -0.4 is 5.73 Å². The number of nitro benzene ring substituents is 1. The number of nitrogens with two attached hydrogens (primary N) is 1. The third-order valence-corrected chi connectivity index (χ3v) is 3.30. The summed E-state index contributed by atoms with van der Waals surface area (Å²) in [6.07, 6.45) is 0. The van der Waals surface area contributed by atoms with Gasteiger partial charge in [0, 0.05) is 24.1 Å². The number of hydrogen-bond acceptors (Lipinski definition) is 5. The van der Waals surface area contributed by atoms with Crippen LogP contribution in [0, 0.1) is 10.1 Å². The first-order valence-electron chi connectivity index (χ1n) is 5.26. The van der Waals surface area contributed by atoms with Gasteiger partial charge < -0.3 is 10.6 Å². The third kappa shape index (κ3) is 4.24. The molecule has 0 fully saturated rings. The van der Waals surface area contributed by atoms with Crippen LogP contribution in [-0.4, -0.2) is 36.2 Å². The van der Waals surface area contributed by atoms with Gasteiger partial charge >= 0.3 is 0 Å². The second kappa shape index (κ2) is 6.46. The molecule has 0 bridgehead atoms. The minimum absolute atomic E-state index is 0.00397. The fraction of sp³-hybridized carbons (Fsp3) is 0.455. The van der Waals surface area contributed by atoms with Gasteiger partial charge in [0.1, 0.15) is 5.69 Å². The molecule has 1 aromatic rings. The maximum atomic E-state index is 10.7. The molecule has 2 N–H and O–H groups in total. The Morgan fingerprint density at radius 3 is 2.76 bits per heavy atom. The summed E-state index contributed by atoms with van der Waals surface area (Å²) in [5.74, 6) is 1.69. The average molecular weight is 255 g/mol. The summed E-state index contributed by atoms with van der Waals surface area (Å²) >= 11 is 1.72. The van der Waals surface area contributed by atoms with Crippen molar-refractivity contribution in [3.05, 3.63) is 33.9 Å². The number of benzene rings is 1. The lowest BCUT2D eigenvalue weighted by Gasteiger charge is -2.09. The van der Waals surface area contributed by atoms with Gasteiger partial charge in [-0.2, -0.15) is 11.8 Å². The van der Waals surface area contributed by atoms with E-state index in [1.165, 1.54) is 6.07 Å². The van der Waals surface area contributed by atoms with Crippen LogP contribution in [0.2, 0.25) is 0 Å². The molecule has 5 nitrogen and oxygen atoms in total. The summed E-state index contributed by atoms with van der Waals surface area (Å²) in [6.45, 7) is 0.986. The molecule has 0 saturated heterocycles. The molecule has 0 atom stereocenters. The molecule has 1 aromatic carbocycles. The molecule has 0 aromatic heterocycles. The predicted molar refractivity (Wildman–Crippen MR) is 72.2 cm³/mol. The molecule has 0 radical (unpaired) electrons. The smallest absolute Gasteiger partial charge is 0.292 e. The Balaban J connectivity index is 2.59. The molecule has 94 valence electrons. The summed E-state index contributed by atoms with van der Waals surface area (Å²) < 4.78 is 0. The Bertz CT molecular complexity index is 396. The first kappa shape index (κ1) is 13.8. The molecule has 0 spiro atoms. The minimum Gasteiger partial charge on any atom is -0.393 e. The second-order valence-corrected chi connectivity index (χ2v) is 5.07. The number of nitrogens with zero attached hydrogens (tertiary/aromatic N) is 2. The molecule has 17 heavy (non-hydrogen) atoms. The van der Waals surface area contributed by atoms with Gasteiger partial charge in [-0.25, -0.2) is 0 Å². The third-order valence-electron chi connectivity index (χ3n) is 2.31.